The van der Waals surface area contributed by atoms with Gasteiger partial charge in [0.15, 0.2) is 0 Å². The van der Waals surface area contributed by atoms with Gasteiger partial charge < -0.3 is 8.85 Å². The van der Waals surface area contributed by atoms with Gasteiger partial charge in [-0.3, -0.25) is 0 Å². The van der Waals surface area contributed by atoms with E-state index >= 15 is 0 Å². The van der Waals surface area contributed by atoms with Gasteiger partial charge in [-0.15, -0.1) is 0 Å². The molecular weight excluding hydrogens is 260 g/mol. The monoisotopic (exact) mass is 292 g/mol. The van der Waals surface area contributed by atoms with Crippen molar-refractivity contribution < 1.29 is 8.85 Å². The van der Waals surface area contributed by atoms with Crippen LogP contribution in [-0.2, 0) is 8.85 Å². The average molecular weight is 293 g/mol. The molecule has 0 aliphatic heterocycles. The van der Waals surface area contributed by atoms with E-state index in [4.69, 9.17) is 8.85 Å². The molecule has 0 aliphatic rings. The van der Waals surface area contributed by atoms with E-state index in [0.29, 0.717) is 0 Å². The van der Waals surface area contributed by atoms with E-state index in [-0.39, 0.29) is 0 Å². The molecule has 0 radical (unpaired) electrons. The Morgan fingerprint density at radius 3 is 1.44 bits per heavy atom. The maximum absolute atomic E-state index is 5.30. The molecule has 0 saturated heterocycles. The van der Waals surface area contributed by atoms with Gasteiger partial charge in [0.05, 0.1) is 0 Å². The van der Waals surface area contributed by atoms with Crippen LogP contribution >= 0.6 is 12.6 Å². The highest BCUT2D eigenvalue weighted by atomic mass is 32.1. The minimum Gasteiger partial charge on any atom is -0.400 e. The third kappa shape index (κ3) is 12.9. The molecule has 0 aliphatic carbocycles. The topological polar surface area (TPSA) is 18.5 Å². The minimum absolute atomic E-state index is 1.05. The largest absolute Gasteiger partial charge is 0.400 e. The average Bonchev–Trinajstić information content (AvgIpc) is 2.40. The Bertz CT molecular complexity index is 155. The molecule has 0 spiro atoms. The first-order valence-electron chi connectivity index (χ1n) is 7.51. The van der Waals surface area contributed by atoms with Gasteiger partial charge in [0.25, 0.3) is 0 Å². The maximum atomic E-state index is 5.30. The summed E-state index contributed by atoms with van der Waals surface area (Å²) in [6, 6.07) is 1.16. The molecule has 110 valence electrons. The summed E-state index contributed by atoms with van der Waals surface area (Å²) < 4.78 is 10.6. The summed E-state index contributed by atoms with van der Waals surface area (Å²) in [6.45, 7) is 0. The van der Waals surface area contributed by atoms with Crippen molar-refractivity contribution in [3.63, 3.8) is 0 Å². The Balaban J connectivity index is 3.03. The predicted molar refractivity (Wildman–Crippen MR) is 86.0 cm³/mol. The molecular formula is C14H32O2SSi. The molecule has 0 N–H and O–H groups in total. The number of rotatable bonds is 14. The summed E-state index contributed by atoms with van der Waals surface area (Å²) in [5.41, 5.74) is 0. The zero-order valence-corrected chi connectivity index (χ0v) is 14.4. The van der Waals surface area contributed by atoms with E-state index < -0.39 is 9.28 Å². The van der Waals surface area contributed by atoms with Crippen molar-refractivity contribution in [2.24, 2.45) is 0 Å². The van der Waals surface area contributed by atoms with Crippen LogP contribution in [0.4, 0.5) is 0 Å². The van der Waals surface area contributed by atoms with Crippen molar-refractivity contribution in [2.45, 2.75) is 70.3 Å². The van der Waals surface area contributed by atoms with E-state index in [1.165, 1.54) is 64.2 Å². The van der Waals surface area contributed by atoms with Gasteiger partial charge in [-0.2, -0.15) is 12.6 Å². The lowest BCUT2D eigenvalue weighted by Gasteiger charge is -2.10. The fraction of sp³-hybridized carbons (Fsp3) is 1.00. The standard InChI is InChI=1S/C14H32O2SSi/c1-15-18(16-2)14-12-10-8-6-4-3-5-7-9-11-13-17/h17-18H,3-14H2,1-2H3. The molecule has 0 amide bonds. The van der Waals surface area contributed by atoms with Crippen LogP contribution < -0.4 is 0 Å². The molecule has 18 heavy (non-hydrogen) atoms. The fourth-order valence-corrected chi connectivity index (χ4v) is 3.68. The summed E-state index contributed by atoms with van der Waals surface area (Å²) in [4.78, 5) is 0. The van der Waals surface area contributed by atoms with E-state index in [9.17, 15) is 0 Å². The van der Waals surface area contributed by atoms with E-state index in [1.54, 1.807) is 14.2 Å². The summed E-state index contributed by atoms with van der Waals surface area (Å²) in [7, 11) is 2.26. The summed E-state index contributed by atoms with van der Waals surface area (Å²) >= 11 is 4.22. The van der Waals surface area contributed by atoms with Crippen LogP contribution in [0.2, 0.25) is 6.04 Å². The van der Waals surface area contributed by atoms with Gasteiger partial charge in [-0.25, -0.2) is 0 Å². The molecule has 0 heterocycles. The summed E-state index contributed by atoms with van der Waals surface area (Å²) in [5, 5.41) is 0. The van der Waals surface area contributed by atoms with Crippen molar-refractivity contribution in [1.29, 1.82) is 0 Å². The minimum atomic E-state index is -1.28. The van der Waals surface area contributed by atoms with Crippen LogP contribution in [0.5, 0.6) is 0 Å². The van der Waals surface area contributed by atoms with Crippen LogP contribution in [0.3, 0.4) is 0 Å². The Morgan fingerprint density at radius 2 is 1.06 bits per heavy atom. The van der Waals surface area contributed by atoms with Crippen LogP contribution in [0.15, 0.2) is 0 Å². The van der Waals surface area contributed by atoms with Gasteiger partial charge in [0, 0.05) is 14.2 Å². The normalized spacial score (nSPS) is 11.3. The van der Waals surface area contributed by atoms with Gasteiger partial charge in [-0.1, -0.05) is 57.8 Å². The molecule has 0 rings (SSSR count). The predicted octanol–water partition coefficient (Wildman–Crippen LogP) is 4.33. The first kappa shape index (κ1) is 18.5. The molecule has 4 heteroatoms. The summed E-state index contributed by atoms with van der Waals surface area (Å²) in [6.07, 6.45) is 13.7. The number of hydrogen-bond acceptors (Lipinski definition) is 3. The lowest BCUT2D eigenvalue weighted by Crippen LogP contribution is -2.18. The lowest BCUT2D eigenvalue weighted by molar-refractivity contribution is 0.276. The molecule has 2 nitrogen and oxygen atoms in total. The van der Waals surface area contributed by atoms with Crippen LogP contribution in [0.25, 0.3) is 0 Å². The second-order valence-electron chi connectivity index (χ2n) is 4.95. The molecule has 0 aromatic carbocycles. The van der Waals surface area contributed by atoms with E-state index in [0.717, 1.165) is 11.8 Å². The molecule has 0 aromatic heterocycles. The first-order valence-corrected chi connectivity index (χ1v) is 9.90. The van der Waals surface area contributed by atoms with Gasteiger partial charge in [-0.05, 0) is 18.2 Å². The van der Waals surface area contributed by atoms with Crippen molar-refractivity contribution in [3.8, 4) is 0 Å². The smallest absolute Gasteiger partial charge is 0.320 e. The lowest BCUT2D eigenvalue weighted by atomic mass is 10.1. The summed E-state index contributed by atoms with van der Waals surface area (Å²) in [5.74, 6) is 1.05. The van der Waals surface area contributed by atoms with Gasteiger partial charge in [0.1, 0.15) is 0 Å². The van der Waals surface area contributed by atoms with Crippen LogP contribution in [-0.4, -0.2) is 29.3 Å². The molecule has 0 saturated carbocycles. The van der Waals surface area contributed by atoms with Crippen LogP contribution in [0, 0.1) is 0 Å². The zero-order valence-electron chi connectivity index (χ0n) is 12.3. The van der Waals surface area contributed by atoms with Crippen molar-refractivity contribution in [1.82, 2.24) is 0 Å². The fourth-order valence-electron chi connectivity index (χ4n) is 2.17. The number of hydrogen-bond donors (Lipinski definition) is 1. The highest BCUT2D eigenvalue weighted by Crippen LogP contribution is 2.12. The zero-order chi connectivity index (χ0) is 13.5. The maximum Gasteiger partial charge on any atom is 0.320 e. The molecule has 0 aromatic rings. The highest BCUT2D eigenvalue weighted by molar-refractivity contribution is 7.80. The Labute approximate surface area is 121 Å². The van der Waals surface area contributed by atoms with Crippen molar-refractivity contribution in [3.05, 3.63) is 0 Å². The SMILES string of the molecule is CO[SiH](CCCCCCCCCCCCS)OC. The van der Waals surface area contributed by atoms with Gasteiger partial charge in [0.2, 0.25) is 0 Å². The Hall–Kier alpha value is 0.487. The molecule has 0 bridgehead atoms. The van der Waals surface area contributed by atoms with E-state index in [2.05, 4.69) is 12.6 Å². The van der Waals surface area contributed by atoms with E-state index in [1.807, 2.05) is 0 Å². The van der Waals surface area contributed by atoms with Crippen molar-refractivity contribution in [2.75, 3.05) is 20.0 Å². The van der Waals surface area contributed by atoms with Crippen molar-refractivity contribution >= 4 is 21.9 Å². The second kappa shape index (κ2) is 15.5. The first-order chi connectivity index (χ1) is 8.85. The third-order valence-electron chi connectivity index (χ3n) is 3.37. The Kier molecular flexibility index (Phi) is 16.0. The Morgan fingerprint density at radius 1 is 0.667 bits per heavy atom. The molecule has 0 unspecified atom stereocenters. The molecule has 0 atom stereocenters. The van der Waals surface area contributed by atoms with Crippen LogP contribution in [0.1, 0.15) is 64.2 Å². The highest BCUT2D eigenvalue weighted by Gasteiger charge is 2.07. The number of thiol groups is 1. The second-order valence-corrected chi connectivity index (χ2v) is 7.78. The number of unbranched alkanes of at least 4 members (excludes halogenated alkanes) is 9. The molecule has 0 fully saturated rings. The third-order valence-corrected chi connectivity index (χ3v) is 5.62. The quantitative estimate of drug-likeness (QED) is 0.292. The van der Waals surface area contributed by atoms with Gasteiger partial charge >= 0.3 is 9.28 Å².